The molecule has 1 amide bonds. The van der Waals surface area contributed by atoms with Crippen LogP contribution in [0.25, 0.3) is 22.0 Å². The van der Waals surface area contributed by atoms with Gasteiger partial charge in [0.2, 0.25) is 5.91 Å². The first kappa shape index (κ1) is 21.7. The summed E-state index contributed by atoms with van der Waals surface area (Å²) in [5, 5.41) is 12.4. The van der Waals surface area contributed by atoms with Gasteiger partial charge in [-0.05, 0) is 38.0 Å². The molecule has 34 heavy (non-hydrogen) atoms. The summed E-state index contributed by atoms with van der Waals surface area (Å²) in [5.41, 5.74) is -0.0964. The average Bonchev–Trinajstić information content (AvgIpc) is 3.54. The fraction of sp³-hybridized carbons (Fsp3) is 0.217. The molecule has 0 aliphatic heterocycles. The van der Waals surface area contributed by atoms with Gasteiger partial charge in [0, 0.05) is 40.7 Å². The highest BCUT2D eigenvalue weighted by Gasteiger charge is 2.35. The van der Waals surface area contributed by atoms with Crippen LogP contribution in [0, 0.1) is 12.8 Å². The summed E-state index contributed by atoms with van der Waals surface area (Å²) in [6, 6.07) is 6.77. The van der Waals surface area contributed by atoms with E-state index in [2.05, 4.69) is 30.8 Å². The van der Waals surface area contributed by atoms with Crippen LogP contribution >= 0.6 is 0 Å². The minimum Gasteiger partial charge on any atom is -0.354 e. The molecule has 0 atom stereocenters. The Labute approximate surface area is 190 Å². The Balaban J connectivity index is 1.68. The van der Waals surface area contributed by atoms with Crippen molar-refractivity contribution in [2.75, 3.05) is 10.6 Å². The van der Waals surface area contributed by atoms with Crippen LogP contribution in [0.2, 0.25) is 0 Å². The summed E-state index contributed by atoms with van der Waals surface area (Å²) >= 11 is 0. The van der Waals surface area contributed by atoms with E-state index in [9.17, 15) is 22.8 Å². The van der Waals surface area contributed by atoms with Crippen molar-refractivity contribution in [3.8, 4) is 11.1 Å². The van der Waals surface area contributed by atoms with Crippen LogP contribution in [0.4, 0.5) is 30.4 Å². The molecule has 0 spiro atoms. The van der Waals surface area contributed by atoms with Crippen molar-refractivity contribution in [1.82, 2.24) is 20.2 Å². The zero-order valence-corrected chi connectivity index (χ0v) is 17.9. The molecule has 11 heteroatoms. The smallest absolute Gasteiger partial charge is 0.354 e. The number of carbonyl (C=O) groups is 1. The van der Waals surface area contributed by atoms with Gasteiger partial charge < -0.3 is 15.6 Å². The molecule has 3 aromatic heterocycles. The quantitative estimate of drug-likeness (QED) is 0.338. The van der Waals surface area contributed by atoms with Crippen molar-refractivity contribution in [2.45, 2.75) is 25.9 Å². The number of carbonyl (C=O) groups excluding carboxylic acids is 1. The molecule has 4 aromatic rings. The van der Waals surface area contributed by atoms with E-state index in [-0.39, 0.29) is 51.0 Å². The number of nitrogens with zero attached hydrogens (tertiary/aromatic N) is 2. The number of benzene rings is 1. The van der Waals surface area contributed by atoms with E-state index < -0.39 is 17.3 Å². The number of hydrogen-bond acceptors (Lipinski definition) is 5. The van der Waals surface area contributed by atoms with E-state index >= 15 is 0 Å². The SMILES string of the molecule is Cc1[nH]ncc1-c1c(Nc2cc(NC(=O)C3CC3)nc3cc[nH]c(=O)c23)cccc1C(F)(F)F. The second kappa shape index (κ2) is 8.01. The van der Waals surface area contributed by atoms with Crippen LogP contribution < -0.4 is 16.2 Å². The van der Waals surface area contributed by atoms with Gasteiger partial charge in [-0.1, -0.05) is 6.07 Å². The third-order valence-corrected chi connectivity index (χ3v) is 5.67. The van der Waals surface area contributed by atoms with Gasteiger partial charge in [-0.15, -0.1) is 0 Å². The number of H-pyrrole nitrogens is 2. The van der Waals surface area contributed by atoms with Crippen molar-refractivity contribution < 1.29 is 18.0 Å². The molecule has 1 saturated carbocycles. The molecular weight excluding hydrogens is 449 g/mol. The Kier molecular flexibility index (Phi) is 5.11. The van der Waals surface area contributed by atoms with Crippen LogP contribution in [0.3, 0.4) is 0 Å². The highest BCUT2D eigenvalue weighted by atomic mass is 19.4. The van der Waals surface area contributed by atoms with Gasteiger partial charge in [0.25, 0.3) is 5.56 Å². The highest BCUT2D eigenvalue weighted by Crippen LogP contribution is 2.43. The maximum atomic E-state index is 13.9. The van der Waals surface area contributed by atoms with Crippen LogP contribution in [0.15, 0.2) is 47.5 Å². The molecule has 0 bridgehead atoms. The predicted molar refractivity (Wildman–Crippen MR) is 121 cm³/mol. The molecule has 1 aromatic carbocycles. The summed E-state index contributed by atoms with van der Waals surface area (Å²) in [6.45, 7) is 1.62. The lowest BCUT2D eigenvalue weighted by molar-refractivity contribution is -0.137. The van der Waals surface area contributed by atoms with Crippen LogP contribution in [-0.2, 0) is 11.0 Å². The fourth-order valence-electron chi connectivity index (χ4n) is 3.86. The molecule has 0 saturated heterocycles. The van der Waals surface area contributed by atoms with Crippen LogP contribution in [0.1, 0.15) is 24.1 Å². The predicted octanol–water partition coefficient (Wildman–Crippen LogP) is 4.73. The number of aromatic amines is 2. The summed E-state index contributed by atoms with van der Waals surface area (Å²) in [7, 11) is 0. The molecule has 3 heterocycles. The third-order valence-electron chi connectivity index (χ3n) is 5.67. The minimum atomic E-state index is -4.63. The second-order valence-electron chi connectivity index (χ2n) is 8.15. The molecule has 174 valence electrons. The Morgan fingerprint density at radius 3 is 2.65 bits per heavy atom. The van der Waals surface area contributed by atoms with Crippen LogP contribution in [-0.4, -0.2) is 26.1 Å². The van der Waals surface area contributed by atoms with Gasteiger partial charge in [0.05, 0.1) is 28.4 Å². The van der Waals surface area contributed by atoms with Gasteiger partial charge >= 0.3 is 6.18 Å². The topological polar surface area (TPSA) is 116 Å². The van der Waals surface area contributed by atoms with Crippen molar-refractivity contribution >= 4 is 34.0 Å². The number of amides is 1. The number of halogens is 3. The lowest BCUT2D eigenvalue weighted by atomic mass is 9.97. The van der Waals surface area contributed by atoms with Crippen LogP contribution in [0.5, 0.6) is 0 Å². The average molecular weight is 468 g/mol. The summed E-state index contributed by atoms with van der Waals surface area (Å²) in [5.74, 6) is -0.0610. The number of hydrogen-bond donors (Lipinski definition) is 4. The zero-order chi connectivity index (χ0) is 24.0. The number of pyridine rings is 2. The number of aromatic nitrogens is 4. The van der Waals surface area contributed by atoms with E-state index in [1.165, 1.54) is 30.6 Å². The van der Waals surface area contributed by atoms with E-state index in [1.807, 2.05) is 0 Å². The van der Waals surface area contributed by atoms with Crippen molar-refractivity contribution in [3.63, 3.8) is 0 Å². The lowest BCUT2D eigenvalue weighted by Crippen LogP contribution is -2.16. The molecular formula is C23H19F3N6O2. The Morgan fingerprint density at radius 1 is 1.18 bits per heavy atom. The molecule has 0 unspecified atom stereocenters. The number of anilines is 3. The Bertz CT molecular complexity index is 1470. The third kappa shape index (κ3) is 4.00. The Hall–Kier alpha value is -4.15. The molecule has 0 radical (unpaired) electrons. The van der Waals surface area contributed by atoms with E-state index in [0.717, 1.165) is 18.9 Å². The number of fused-ring (bicyclic) bond motifs is 1. The largest absolute Gasteiger partial charge is 0.417 e. The first-order chi connectivity index (χ1) is 16.2. The molecule has 4 N–H and O–H groups in total. The number of nitrogens with one attached hydrogen (secondary N) is 4. The molecule has 1 aliphatic rings. The fourth-order valence-corrected chi connectivity index (χ4v) is 3.86. The summed E-state index contributed by atoms with van der Waals surface area (Å²) in [4.78, 5) is 31.8. The van der Waals surface area contributed by atoms with E-state index in [4.69, 9.17) is 0 Å². The molecule has 1 aliphatic carbocycles. The minimum absolute atomic E-state index is 0.0766. The highest BCUT2D eigenvalue weighted by molar-refractivity contribution is 5.99. The van der Waals surface area contributed by atoms with E-state index in [1.54, 1.807) is 13.0 Å². The van der Waals surface area contributed by atoms with Gasteiger partial charge in [-0.3, -0.25) is 14.7 Å². The van der Waals surface area contributed by atoms with Gasteiger partial charge in [0.15, 0.2) is 0 Å². The number of alkyl halides is 3. The zero-order valence-electron chi connectivity index (χ0n) is 17.9. The molecule has 5 rings (SSSR count). The number of aryl methyl sites for hydroxylation is 1. The molecule has 1 fully saturated rings. The first-order valence-corrected chi connectivity index (χ1v) is 10.5. The summed E-state index contributed by atoms with van der Waals surface area (Å²) in [6.07, 6.45) is -0.302. The molecule has 8 nitrogen and oxygen atoms in total. The van der Waals surface area contributed by atoms with Gasteiger partial charge in [-0.2, -0.15) is 18.3 Å². The normalized spacial score (nSPS) is 13.8. The van der Waals surface area contributed by atoms with Crippen molar-refractivity contribution in [3.05, 3.63) is 64.3 Å². The lowest BCUT2D eigenvalue weighted by Gasteiger charge is -2.19. The maximum Gasteiger partial charge on any atom is 0.417 e. The maximum absolute atomic E-state index is 13.9. The second-order valence-corrected chi connectivity index (χ2v) is 8.15. The van der Waals surface area contributed by atoms with Crippen molar-refractivity contribution in [2.24, 2.45) is 5.92 Å². The van der Waals surface area contributed by atoms with E-state index in [0.29, 0.717) is 5.69 Å². The standard InChI is InChI=1S/C23H19F3N6O2/c1-11-13(10-28-32-11)19-14(23(24,25)26)3-2-4-15(19)29-17-9-18(31-21(33)12-5-6-12)30-16-7-8-27-22(34)20(16)17/h2-4,7-10,12H,5-6H2,1H3,(H,27,34)(H,28,32)(H2,29,30,31,33). The van der Waals surface area contributed by atoms with Crippen molar-refractivity contribution in [1.29, 1.82) is 0 Å². The number of rotatable bonds is 5. The first-order valence-electron chi connectivity index (χ1n) is 10.5. The summed E-state index contributed by atoms with van der Waals surface area (Å²) < 4.78 is 41.8. The monoisotopic (exact) mass is 468 g/mol. The van der Waals surface area contributed by atoms with Gasteiger partial charge in [-0.25, -0.2) is 4.98 Å². The Morgan fingerprint density at radius 2 is 1.97 bits per heavy atom. The van der Waals surface area contributed by atoms with Gasteiger partial charge in [0.1, 0.15) is 5.82 Å².